The molecule has 0 fully saturated rings. The van der Waals surface area contributed by atoms with Crippen molar-refractivity contribution in [1.29, 1.82) is 0 Å². The average Bonchev–Trinajstić information content (AvgIpc) is 2.59. The number of nitrogen functional groups attached to an aromatic ring is 1. The molecule has 23 heavy (non-hydrogen) atoms. The van der Waals surface area contributed by atoms with Crippen molar-refractivity contribution in [2.24, 2.45) is 0 Å². The van der Waals surface area contributed by atoms with Gasteiger partial charge in [0.1, 0.15) is 0 Å². The maximum Gasteiger partial charge on any atom is 0.255 e. The average molecular weight is 323 g/mol. The number of hydrogen-bond acceptors (Lipinski definition) is 2. The fraction of sp³-hybridized carbons (Fsp3) is 0. The van der Waals surface area contributed by atoms with Gasteiger partial charge in [-0.3, -0.25) is 4.79 Å². The largest absolute Gasteiger partial charge is 0.397 e. The normalized spacial score (nSPS) is 10.3. The summed E-state index contributed by atoms with van der Waals surface area (Å²) in [5.74, 6) is -0.246. The Kier molecular flexibility index (Phi) is 4.31. The third-order valence-corrected chi connectivity index (χ3v) is 3.85. The second-order valence-electron chi connectivity index (χ2n) is 5.10. The van der Waals surface area contributed by atoms with Gasteiger partial charge in [0.2, 0.25) is 0 Å². The van der Waals surface area contributed by atoms with Crippen molar-refractivity contribution >= 4 is 28.9 Å². The molecule has 114 valence electrons. The van der Waals surface area contributed by atoms with Crippen LogP contribution in [0.4, 0.5) is 11.4 Å². The summed E-state index contributed by atoms with van der Waals surface area (Å²) in [7, 11) is 0. The molecule has 0 spiro atoms. The Morgan fingerprint density at radius 1 is 0.826 bits per heavy atom. The first-order valence-electron chi connectivity index (χ1n) is 7.16. The van der Waals surface area contributed by atoms with Gasteiger partial charge in [0.25, 0.3) is 5.91 Å². The SMILES string of the molecule is Nc1cccc(Cl)c1NC(=O)c1ccc(-c2ccccc2)cc1. The Morgan fingerprint density at radius 2 is 1.48 bits per heavy atom. The fourth-order valence-electron chi connectivity index (χ4n) is 2.30. The van der Waals surface area contributed by atoms with Gasteiger partial charge in [-0.25, -0.2) is 0 Å². The van der Waals surface area contributed by atoms with Crippen LogP contribution in [0.15, 0.2) is 72.8 Å². The topological polar surface area (TPSA) is 55.1 Å². The minimum Gasteiger partial charge on any atom is -0.397 e. The molecule has 0 unspecified atom stereocenters. The van der Waals surface area contributed by atoms with E-state index in [1.165, 1.54) is 0 Å². The van der Waals surface area contributed by atoms with E-state index in [4.69, 9.17) is 17.3 Å². The van der Waals surface area contributed by atoms with Crippen LogP contribution in [0.3, 0.4) is 0 Å². The molecule has 0 aromatic heterocycles. The quantitative estimate of drug-likeness (QED) is 0.678. The van der Waals surface area contributed by atoms with E-state index >= 15 is 0 Å². The summed E-state index contributed by atoms with van der Waals surface area (Å²) in [6.45, 7) is 0. The van der Waals surface area contributed by atoms with Crippen LogP contribution in [0.1, 0.15) is 10.4 Å². The van der Waals surface area contributed by atoms with Gasteiger partial charge >= 0.3 is 0 Å². The molecule has 3 nitrogen and oxygen atoms in total. The Morgan fingerprint density at radius 3 is 2.13 bits per heavy atom. The van der Waals surface area contributed by atoms with Crippen LogP contribution in [0.2, 0.25) is 5.02 Å². The smallest absolute Gasteiger partial charge is 0.255 e. The molecule has 0 aliphatic rings. The van der Waals surface area contributed by atoms with Gasteiger partial charge in [-0.05, 0) is 35.4 Å². The van der Waals surface area contributed by atoms with Crippen molar-refractivity contribution in [3.8, 4) is 11.1 Å². The van der Waals surface area contributed by atoms with Gasteiger partial charge in [-0.15, -0.1) is 0 Å². The monoisotopic (exact) mass is 322 g/mol. The maximum atomic E-state index is 12.3. The summed E-state index contributed by atoms with van der Waals surface area (Å²) in [6, 6.07) is 22.5. The Bertz CT molecular complexity index is 809. The zero-order chi connectivity index (χ0) is 16.2. The lowest BCUT2D eigenvalue weighted by molar-refractivity contribution is 0.102. The first-order valence-corrected chi connectivity index (χ1v) is 7.54. The summed E-state index contributed by atoms with van der Waals surface area (Å²) in [5, 5.41) is 3.17. The highest BCUT2D eigenvalue weighted by molar-refractivity contribution is 6.34. The molecular weight excluding hydrogens is 308 g/mol. The molecule has 4 heteroatoms. The molecule has 0 radical (unpaired) electrons. The lowest BCUT2D eigenvalue weighted by Gasteiger charge is -2.10. The number of benzene rings is 3. The standard InChI is InChI=1S/C19H15ClN2O/c20-16-7-4-8-17(21)18(16)22-19(23)15-11-9-14(10-12-15)13-5-2-1-3-6-13/h1-12H,21H2,(H,22,23). The van der Waals surface area contributed by atoms with Crippen molar-refractivity contribution in [2.45, 2.75) is 0 Å². The molecule has 3 rings (SSSR count). The highest BCUT2D eigenvalue weighted by atomic mass is 35.5. The molecule has 0 heterocycles. The Hall–Kier alpha value is -2.78. The van der Waals surface area contributed by atoms with Gasteiger partial charge in [-0.1, -0.05) is 60.1 Å². The van der Waals surface area contributed by atoms with Crippen LogP contribution in [-0.4, -0.2) is 5.91 Å². The number of carbonyl (C=O) groups excluding carboxylic acids is 1. The molecule has 0 bridgehead atoms. The zero-order valence-electron chi connectivity index (χ0n) is 12.3. The first-order chi connectivity index (χ1) is 11.1. The van der Waals surface area contributed by atoms with E-state index in [1.807, 2.05) is 42.5 Å². The van der Waals surface area contributed by atoms with Crippen LogP contribution in [0.5, 0.6) is 0 Å². The van der Waals surface area contributed by atoms with Crippen LogP contribution in [0, 0.1) is 0 Å². The molecule has 0 saturated carbocycles. The summed E-state index contributed by atoms with van der Waals surface area (Å²) >= 11 is 6.07. The summed E-state index contributed by atoms with van der Waals surface area (Å²) in [4.78, 5) is 12.3. The highest BCUT2D eigenvalue weighted by Crippen LogP contribution is 2.28. The Balaban J connectivity index is 1.81. The number of amides is 1. The van der Waals surface area contributed by atoms with Crippen LogP contribution >= 0.6 is 11.6 Å². The number of nitrogens with two attached hydrogens (primary N) is 1. The fourth-order valence-corrected chi connectivity index (χ4v) is 2.53. The number of halogens is 1. The number of carbonyl (C=O) groups is 1. The highest BCUT2D eigenvalue weighted by Gasteiger charge is 2.11. The molecule has 0 saturated heterocycles. The predicted octanol–water partition coefficient (Wildman–Crippen LogP) is 4.84. The minimum absolute atomic E-state index is 0.246. The number of rotatable bonds is 3. The van der Waals surface area contributed by atoms with Crippen molar-refractivity contribution < 1.29 is 4.79 Å². The van der Waals surface area contributed by atoms with Crippen LogP contribution in [-0.2, 0) is 0 Å². The summed E-state index contributed by atoms with van der Waals surface area (Å²) in [5.41, 5.74) is 9.43. The van der Waals surface area contributed by atoms with E-state index in [-0.39, 0.29) is 5.91 Å². The number of hydrogen-bond donors (Lipinski definition) is 2. The summed E-state index contributed by atoms with van der Waals surface area (Å²) < 4.78 is 0. The van der Waals surface area contributed by atoms with Crippen LogP contribution in [0.25, 0.3) is 11.1 Å². The second-order valence-corrected chi connectivity index (χ2v) is 5.51. The maximum absolute atomic E-state index is 12.3. The van der Waals surface area contributed by atoms with Gasteiger partial charge < -0.3 is 11.1 Å². The molecule has 0 aliphatic heterocycles. The Labute approximate surface area is 139 Å². The van der Waals surface area contributed by atoms with Gasteiger partial charge in [0, 0.05) is 5.56 Å². The third kappa shape index (κ3) is 3.35. The van der Waals surface area contributed by atoms with E-state index in [1.54, 1.807) is 30.3 Å². The molecule has 1 amide bonds. The van der Waals surface area contributed by atoms with E-state index in [2.05, 4.69) is 5.32 Å². The van der Waals surface area contributed by atoms with Gasteiger partial charge in [0.05, 0.1) is 16.4 Å². The summed E-state index contributed by atoms with van der Waals surface area (Å²) in [6.07, 6.45) is 0. The number of anilines is 2. The number of nitrogens with one attached hydrogen (secondary N) is 1. The van der Waals surface area contributed by atoms with Crippen molar-refractivity contribution in [2.75, 3.05) is 11.1 Å². The molecule has 3 aromatic rings. The minimum atomic E-state index is -0.246. The second kappa shape index (κ2) is 6.55. The van der Waals surface area contributed by atoms with Crippen LogP contribution < -0.4 is 11.1 Å². The predicted molar refractivity (Wildman–Crippen MR) is 95.7 cm³/mol. The van der Waals surface area contributed by atoms with E-state index < -0.39 is 0 Å². The molecule has 3 N–H and O–H groups in total. The first kappa shape index (κ1) is 15.1. The molecule has 0 atom stereocenters. The lowest BCUT2D eigenvalue weighted by Crippen LogP contribution is -2.13. The molecule has 0 aliphatic carbocycles. The molecule has 3 aromatic carbocycles. The van der Waals surface area contributed by atoms with E-state index in [9.17, 15) is 4.79 Å². The van der Waals surface area contributed by atoms with Gasteiger partial charge in [-0.2, -0.15) is 0 Å². The zero-order valence-corrected chi connectivity index (χ0v) is 13.0. The van der Waals surface area contributed by atoms with E-state index in [0.29, 0.717) is 22.0 Å². The van der Waals surface area contributed by atoms with Crippen molar-refractivity contribution in [3.63, 3.8) is 0 Å². The lowest BCUT2D eigenvalue weighted by atomic mass is 10.0. The van der Waals surface area contributed by atoms with E-state index in [0.717, 1.165) is 11.1 Å². The number of para-hydroxylation sites is 1. The van der Waals surface area contributed by atoms with Gasteiger partial charge in [0.15, 0.2) is 0 Å². The molecular formula is C19H15ClN2O. The van der Waals surface area contributed by atoms with Crippen molar-refractivity contribution in [1.82, 2.24) is 0 Å². The third-order valence-electron chi connectivity index (χ3n) is 3.54. The van der Waals surface area contributed by atoms with Crippen molar-refractivity contribution in [3.05, 3.63) is 83.4 Å².